The number of hydrogen-bond donors (Lipinski definition) is 2. The van der Waals surface area contributed by atoms with Gasteiger partial charge in [0.05, 0.1) is 28.2 Å². The molecule has 0 saturated carbocycles. The second-order valence-electron chi connectivity index (χ2n) is 12.2. The molecular weight excluding hydrogens is 641 g/mol. The molecule has 0 amide bonds. The number of likely N-dealkylation sites (tertiary alicyclic amines) is 1. The zero-order chi connectivity index (χ0) is 31.0. The Morgan fingerprint density at radius 2 is 1.60 bits per heavy atom. The van der Waals surface area contributed by atoms with Gasteiger partial charge in [0, 0.05) is 47.5 Å². The van der Waals surface area contributed by atoms with Crippen molar-refractivity contribution in [2.45, 2.75) is 44.8 Å². The summed E-state index contributed by atoms with van der Waals surface area (Å²) in [5.41, 5.74) is 2.75. The summed E-state index contributed by atoms with van der Waals surface area (Å²) in [7, 11) is 0. The highest BCUT2D eigenvalue weighted by atomic mass is 35.5. The molecule has 7 rings (SSSR count). The van der Waals surface area contributed by atoms with Gasteiger partial charge in [-0.15, -0.1) is 12.4 Å². The third-order valence-electron chi connectivity index (χ3n) is 9.34. The van der Waals surface area contributed by atoms with Crippen LogP contribution in [0.3, 0.4) is 0 Å². The number of piperidine rings is 2. The Hall–Kier alpha value is -2.65. The van der Waals surface area contributed by atoms with E-state index in [1.807, 2.05) is 25.1 Å². The summed E-state index contributed by atoms with van der Waals surface area (Å²) < 4.78 is 39.3. The predicted molar refractivity (Wildman–Crippen MR) is 178 cm³/mol. The van der Waals surface area contributed by atoms with E-state index in [1.165, 1.54) is 17.9 Å². The van der Waals surface area contributed by atoms with Gasteiger partial charge in [-0.1, -0.05) is 67.4 Å². The first-order valence-corrected chi connectivity index (χ1v) is 15.8. The Morgan fingerprint density at radius 1 is 0.956 bits per heavy atom. The topological polar surface area (TPSA) is 61.8 Å². The Kier molecular flexibility index (Phi) is 10.5. The van der Waals surface area contributed by atoms with Gasteiger partial charge in [0.25, 0.3) is 0 Å². The summed E-state index contributed by atoms with van der Waals surface area (Å²) in [6, 6.07) is 16.5. The number of hydrogen-bond acceptors (Lipinski definition) is 5. The molecule has 3 aromatic carbocycles. The van der Waals surface area contributed by atoms with Crippen molar-refractivity contribution in [3.05, 3.63) is 105 Å². The maximum atomic E-state index is 14.3. The number of nitrogens with one attached hydrogen (secondary N) is 1. The summed E-state index contributed by atoms with van der Waals surface area (Å²) in [5, 5.41) is 16.2. The molecule has 4 unspecified atom stereocenters. The lowest BCUT2D eigenvalue weighted by atomic mass is 9.76. The minimum atomic E-state index is -1.14. The summed E-state index contributed by atoms with van der Waals surface area (Å²) in [5.74, 6) is -0.165. The molecule has 2 aromatic heterocycles. The minimum Gasteiger partial charge on any atom is -0.464 e. The van der Waals surface area contributed by atoms with Crippen molar-refractivity contribution in [3.63, 3.8) is 0 Å². The van der Waals surface area contributed by atoms with E-state index >= 15 is 0 Å². The van der Waals surface area contributed by atoms with E-state index < -0.39 is 11.4 Å². The van der Waals surface area contributed by atoms with Crippen LogP contribution in [0.25, 0.3) is 21.9 Å². The van der Waals surface area contributed by atoms with Crippen molar-refractivity contribution >= 4 is 57.5 Å². The summed E-state index contributed by atoms with van der Waals surface area (Å²) in [6.07, 6.45) is 4.57. The van der Waals surface area contributed by atoms with E-state index in [0.29, 0.717) is 40.2 Å². The number of rotatable bonds is 4. The predicted octanol–water partition coefficient (Wildman–Crippen LogP) is 9.31. The van der Waals surface area contributed by atoms with E-state index in [1.54, 1.807) is 24.5 Å². The first-order valence-electron chi connectivity index (χ1n) is 15.1. The number of fused-ring (bicyclic) bond motifs is 2. The molecule has 2 aliphatic heterocycles. The molecule has 2 saturated heterocycles. The average molecular weight is 678 g/mol. The summed E-state index contributed by atoms with van der Waals surface area (Å²) in [4.78, 5) is 2.32. The van der Waals surface area contributed by atoms with Crippen molar-refractivity contribution in [3.8, 4) is 0 Å². The second kappa shape index (κ2) is 14.0. The highest BCUT2D eigenvalue weighted by Crippen LogP contribution is 2.43. The highest BCUT2D eigenvalue weighted by Gasteiger charge is 2.42. The van der Waals surface area contributed by atoms with Crippen LogP contribution in [0.15, 0.2) is 76.0 Å². The molecule has 0 spiro atoms. The quantitative estimate of drug-likeness (QED) is 0.199. The fraction of sp³-hybridized carbons (Fsp3) is 0.371. The summed E-state index contributed by atoms with van der Waals surface area (Å²) >= 11 is 12.0. The van der Waals surface area contributed by atoms with E-state index in [9.17, 15) is 13.9 Å². The standard InChI is InChI=1S/C21H21ClFNO2.C14H15ClFNO.ClH/c1-14-12-24(13-15-5-3-2-4-6-15)9-8-21(14,25)17-11-18(23)19(22)16-7-10-26-20(16)17;1-8-7-17-4-2-9(8)11-6-12(16)13(15)10-3-5-18-14(10)11;/h2-7,10-11,14,25H,8-9,12-13H2,1H3;3,5-6,8-9,17H,2,4,7H2,1H3;1H. The fourth-order valence-electron chi connectivity index (χ4n) is 6.84. The Balaban J connectivity index is 0.000000185. The van der Waals surface area contributed by atoms with Crippen LogP contribution in [0.4, 0.5) is 8.78 Å². The van der Waals surface area contributed by atoms with Gasteiger partial charge in [0.2, 0.25) is 0 Å². The number of benzene rings is 3. The van der Waals surface area contributed by atoms with Gasteiger partial charge in [-0.25, -0.2) is 8.78 Å². The van der Waals surface area contributed by atoms with Crippen LogP contribution in [0, 0.1) is 23.5 Å². The molecule has 0 aliphatic carbocycles. The third kappa shape index (κ3) is 6.62. The lowest BCUT2D eigenvalue weighted by molar-refractivity contribution is -0.0724. The van der Waals surface area contributed by atoms with Crippen LogP contribution >= 0.6 is 35.6 Å². The van der Waals surface area contributed by atoms with Gasteiger partial charge in [-0.05, 0) is 67.6 Å². The molecule has 45 heavy (non-hydrogen) atoms. The zero-order valence-electron chi connectivity index (χ0n) is 25.2. The van der Waals surface area contributed by atoms with E-state index in [4.69, 9.17) is 32.0 Å². The van der Waals surface area contributed by atoms with Gasteiger partial charge in [0.1, 0.15) is 22.8 Å². The minimum absolute atomic E-state index is 0. The first kappa shape index (κ1) is 33.7. The van der Waals surface area contributed by atoms with Crippen LogP contribution < -0.4 is 5.32 Å². The molecule has 4 heterocycles. The normalized spacial score (nSPS) is 23.8. The van der Waals surface area contributed by atoms with Gasteiger partial charge in [-0.3, -0.25) is 4.90 Å². The Morgan fingerprint density at radius 3 is 2.27 bits per heavy atom. The van der Waals surface area contributed by atoms with Gasteiger partial charge in [0.15, 0.2) is 0 Å². The highest BCUT2D eigenvalue weighted by molar-refractivity contribution is 6.36. The molecule has 0 bridgehead atoms. The smallest absolute Gasteiger partial charge is 0.143 e. The van der Waals surface area contributed by atoms with Crippen LogP contribution in [0.1, 0.15) is 49.3 Å². The van der Waals surface area contributed by atoms with Crippen LogP contribution in [0.2, 0.25) is 10.0 Å². The largest absolute Gasteiger partial charge is 0.464 e. The lowest BCUT2D eigenvalue weighted by Gasteiger charge is -2.43. The first-order chi connectivity index (χ1) is 21.2. The second-order valence-corrected chi connectivity index (χ2v) is 12.9. The number of aliphatic hydroxyl groups is 1. The Bertz CT molecular complexity index is 1760. The van der Waals surface area contributed by atoms with Crippen LogP contribution in [-0.2, 0) is 12.1 Å². The monoisotopic (exact) mass is 676 g/mol. The SMILES string of the molecule is CC1CN(Cc2ccccc2)CCC1(O)c1cc(F)c(Cl)c2ccoc12.CC1CNCCC1c1cc(F)c(Cl)c2ccoc12.Cl. The molecule has 5 nitrogen and oxygen atoms in total. The number of nitrogens with zero attached hydrogens (tertiary/aromatic N) is 1. The van der Waals surface area contributed by atoms with Crippen LogP contribution in [0.5, 0.6) is 0 Å². The molecule has 4 atom stereocenters. The molecule has 0 radical (unpaired) electrons. The maximum Gasteiger partial charge on any atom is 0.143 e. The number of halogens is 5. The van der Waals surface area contributed by atoms with E-state index in [-0.39, 0.29) is 34.2 Å². The number of furan rings is 2. The van der Waals surface area contributed by atoms with Crippen molar-refractivity contribution in [2.75, 3.05) is 26.2 Å². The molecule has 240 valence electrons. The maximum absolute atomic E-state index is 14.3. The van der Waals surface area contributed by atoms with Crippen molar-refractivity contribution in [1.82, 2.24) is 10.2 Å². The average Bonchev–Trinajstić information content (AvgIpc) is 3.71. The van der Waals surface area contributed by atoms with Crippen molar-refractivity contribution < 1.29 is 22.7 Å². The molecule has 2 aliphatic rings. The van der Waals surface area contributed by atoms with E-state index in [2.05, 4.69) is 29.3 Å². The van der Waals surface area contributed by atoms with Gasteiger partial charge in [-0.2, -0.15) is 0 Å². The Labute approximate surface area is 277 Å². The lowest BCUT2D eigenvalue weighted by Crippen LogP contribution is -2.48. The zero-order valence-corrected chi connectivity index (χ0v) is 27.5. The van der Waals surface area contributed by atoms with Gasteiger partial charge < -0.3 is 19.3 Å². The molecule has 10 heteroatoms. The molecule has 2 fully saturated rings. The molecular formula is C35H37Cl3F2N2O3. The van der Waals surface area contributed by atoms with Gasteiger partial charge >= 0.3 is 0 Å². The van der Waals surface area contributed by atoms with Crippen molar-refractivity contribution in [2.24, 2.45) is 11.8 Å². The van der Waals surface area contributed by atoms with Crippen LogP contribution in [-0.4, -0.2) is 36.2 Å². The molecule has 2 N–H and O–H groups in total. The fourth-order valence-corrected chi connectivity index (χ4v) is 7.24. The van der Waals surface area contributed by atoms with Crippen molar-refractivity contribution in [1.29, 1.82) is 0 Å². The van der Waals surface area contributed by atoms with E-state index in [0.717, 1.165) is 50.3 Å². The third-order valence-corrected chi connectivity index (χ3v) is 10.1. The summed E-state index contributed by atoms with van der Waals surface area (Å²) in [6.45, 7) is 8.38. The molecule has 5 aromatic rings.